The number of carbonyl (C=O) groups is 1. The average Bonchev–Trinajstić information content (AvgIpc) is 2.36. The first-order valence-electron chi connectivity index (χ1n) is 6.12. The van der Waals surface area contributed by atoms with Gasteiger partial charge in [0.05, 0.1) is 21.7 Å². The summed E-state index contributed by atoms with van der Waals surface area (Å²) in [5.41, 5.74) is 6.41. The number of rotatable bonds is 1. The number of nitrogen functional groups attached to an aromatic ring is 1. The lowest BCUT2D eigenvalue weighted by atomic mass is 9.96. The normalized spacial score (nSPS) is 23.5. The van der Waals surface area contributed by atoms with Crippen LogP contribution in [0.5, 0.6) is 0 Å². The molecule has 0 aromatic heterocycles. The molecular formula is C13H16Cl2N2O2. The third-order valence-corrected chi connectivity index (χ3v) is 4.23. The first-order valence-corrected chi connectivity index (χ1v) is 6.87. The van der Waals surface area contributed by atoms with Gasteiger partial charge in [-0.15, -0.1) is 0 Å². The van der Waals surface area contributed by atoms with E-state index in [1.54, 1.807) is 4.90 Å². The Morgan fingerprint density at radius 3 is 2.79 bits per heavy atom. The second kappa shape index (κ2) is 5.57. The minimum atomic E-state index is -0.357. The molecule has 2 rings (SSSR count). The number of carbonyl (C=O) groups excluding carboxylic acids is 1. The van der Waals surface area contributed by atoms with Crippen LogP contribution in [0.1, 0.15) is 23.7 Å². The lowest BCUT2D eigenvalue weighted by molar-refractivity contribution is 0.0298. The number of aliphatic hydroxyl groups excluding tert-OH is 1. The van der Waals surface area contributed by atoms with Crippen LogP contribution in [0.25, 0.3) is 0 Å². The van der Waals surface area contributed by atoms with Crippen molar-refractivity contribution in [2.75, 3.05) is 18.8 Å². The van der Waals surface area contributed by atoms with E-state index in [-0.39, 0.29) is 28.0 Å². The number of halogens is 2. The number of aliphatic hydroxyl groups is 1. The number of piperidine rings is 1. The van der Waals surface area contributed by atoms with E-state index in [9.17, 15) is 9.90 Å². The number of amides is 1. The van der Waals surface area contributed by atoms with Crippen molar-refractivity contribution in [3.63, 3.8) is 0 Å². The predicted octanol–water partition coefficient (Wildman–Crippen LogP) is 2.42. The second-order valence-corrected chi connectivity index (χ2v) is 5.73. The third-order valence-electron chi connectivity index (χ3n) is 3.43. The number of hydrogen-bond acceptors (Lipinski definition) is 3. The van der Waals surface area contributed by atoms with Crippen LogP contribution in [0.4, 0.5) is 5.69 Å². The van der Waals surface area contributed by atoms with E-state index in [0.29, 0.717) is 30.8 Å². The van der Waals surface area contributed by atoms with Crippen molar-refractivity contribution < 1.29 is 9.90 Å². The van der Waals surface area contributed by atoms with E-state index < -0.39 is 0 Å². The Morgan fingerprint density at radius 1 is 1.47 bits per heavy atom. The van der Waals surface area contributed by atoms with Crippen LogP contribution < -0.4 is 5.73 Å². The van der Waals surface area contributed by atoms with Crippen LogP contribution >= 0.6 is 23.2 Å². The van der Waals surface area contributed by atoms with Crippen molar-refractivity contribution in [2.45, 2.75) is 19.4 Å². The highest BCUT2D eigenvalue weighted by molar-refractivity contribution is 6.44. The number of likely N-dealkylation sites (tertiary alicyclic amines) is 1. The van der Waals surface area contributed by atoms with Crippen LogP contribution in [-0.4, -0.2) is 35.1 Å². The molecule has 0 saturated carbocycles. The molecule has 1 aromatic carbocycles. The predicted molar refractivity (Wildman–Crippen MR) is 76.6 cm³/mol. The summed E-state index contributed by atoms with van der Waals surface area (Å²) in [6.45, 7) is 2.92. The Morgan fingerprint density at radius 2 is 2.16 bits per heavy atom. The minimum Gasteiger partial charge on any atom is -0.399 e. The summed E-state index contributed by atoms with van der Waals surface area (Å²) in [5.74, 6) is -0.147. The zero-order valence-electron chi connectivity index (χ0n) is 10.6. The summed E-state index contributed by atoms with van der Waals surface area (Å²) >= 11 is 12.0. The highest BCUT2D eigenvalue weighted by atomic mass is 35.5. The molecule has 1 aromatic rings. The van der Waals surface area contributed by atoms with Gasteiger partial charge in [0, 0.05) is 18.8 Å². The molecule has 0 bridgehead atoms. The van der Waals surface area contributed by atoms with Gasteiger partial charge < -0.3 is 15.7 Å². The molecule has 1 aliphatic rings. The molecule has 2 atom stereocenters. The van der Waals surface area contributed by atoms with E-state index >= 15 is 0 Å². The SMILES string of the molecule is CC1CN(C(=O)c2cc(N)cc(Cl)c2Cl)CCC1O. The maximum Gasteiger partial charge on any atom is 0.255 e. The van der Waals surface area contributed by atoms with Crippen molar-refractivity contribution in [3.8, 4) is 0 Å². The Bertz CT molecular complexity index is 508. The fraction of sp³-hybridized carbons (Fsp3) is 0.462. The minimum absolute atomic E-state index is 0.0491. The number of hydrogen-bond donors (Lipinski definition) is 2. The van der Waals surface area contributed by atoms with Gasteiger partial charge in [-0.1, -0.05) is 30.1 Å². The lowest BCUT2D eigenvalue weighted by Crippen LogP contribution is -2.45. The number of anilines is 1. The molecule has 0 aliphatic carbocycles. The molecule has 1 fully saturated rings. The number of benzene rings is 1. The standard InChI is InChI=1S/C13H16Cl2N2O2/c1-7-6-17(3-2-11(7)18)13(19)9-4-8(16)5-10(14)12(9)15/h4-5,7,11,18H,2-3,6,16H2,1H3. The average molecular weight is 303 g/mol. The van der Waals surface area contributed by atoms with Gasteiger partial charge in [0.15, 0.2) is 0 Å². The van der Waals surface area contributed by atoms with Crippen LogP contribution in [0.3, 0.4) is 0 Å². The Kier molecular flexibility index (Phi) is 4.23. The highest BCUT2D eigenvalue weighted by Crippen LogP contribution is 2.30. The molecule has 104 valence electrons. The molecule has 1 saturated heterocycles. The molecule has 2 unspecified atom stereocenters. The van der Waals surface area contributed by atoms with Gasteiger partial charge in [-0.25, -0.2) is 0 Å². The van der Waals surface area contributed by atoms with Crippen molar-refractivity contribution >= 4 is 34.8 Å². The number of nitrogens with zero attached hydrogens (tertiary/aromatic N) is 1. The molecule has 1 aliphatic heterocycles. The van der Waals surface area contributed by atoms with Crippen molar-refractivity contribution in [1.29, 1.82) is 0 Å². The smallest absolute Gasteiger partial charge is 0.255 e. The van der Waals surface area contributed by atoms with Crippen molar-refractivity contribution in [3.05, 3.63) is 27.7 Å². The molecule has 1 heterocycles. The van der Waals surface area contributed by atoms with Crippen molar-refractivity contribution in [2.24, 2.45) is 5.92 Å². The largest absolute Gasteiger partial charge is 0.399 e. The van der Waals surface area contributed by atoms with Gasteiger partial charge in [-0.05, 0) is 24.5 Å². The topological polar surface area (TPSA) is 66.6 Å². The summed E-state index contributed by atoms with van der Waals surface area (Å²) in [6, 6.07) is 3.05. The van der Waals surface area contributed by atoms with Gasteiger partial charge >= 0.3 is 0 Å². The molecule has 3 N–H and O–H groups in total. The second-order valence-electron chi connectivity index (χ2n) is 4.95. The molecule has 0 radical (unpaired) electrons. The summed E-state index contributed by atoms with van der Waals surface area (Å²) in [6.07, 6.45) is 0.213. The first-order chi connectivity index (χ1) is 8.90. The van der Waals surface area contributed by atoms with Crippen LogP contribution in [-0.2, 0) is 0 Å². The Labute approximate surface area is 122 Å². The zero-order chi connectivity index (χ0) is 14.2. The van der Waals surface area contributed by atoms with E-state index in [1.165, 1.54) is 12.1 Å². The zero-order valence-corrected chi connectivity index (χ0v) is 12.1. The maximum atomic E-state index is 12.4. The quantitative estimate of drug-likeness (QED) is 0.783. The van der Waals surface area contributed by atoms with Gasteiger partial charge in [-0.2, -0.15) is 0 Å². The Hall–Kier alpha value is -0.970. The summed E-state index contributed by atoms with van der Waals surface area (Å²) in [5, 5.41) is 10.2. The summed E-state index contributed by atoms with van der Waals surface area (Å²) in [4.78, 5) is 14.1. The summed E-state index contributed by atoms with van der Waals surface area (Å²) in [7, 11) is 0. The fourth-order valence-electron chi connectivity index (χ4n) is 2.25. The fourth-order valence-corrected chi connectivity index (χ4v) is 2.67. The molecule has 0 spiro atoms. The van der Waals surface area contributed by atoms with E-state index in [0.717, 1.165) is 0 Å². The van der Waals surface area contributed by atoms with Gasteiger partial charge in [0.25, 0.3) is 5.91 Å². The van der Waals surface area contributed by atoms with E-state index in [1.807, 2.05) is 6.92 Å². The molecule has 6 heteroatoms. The van der Waals surface area contributed by atoms with Gasteiger partial charge in [-0.3, -0.25) is 4.79 Å². The molecule has 4 nitrogen and oxygen atoms in total. The van der Waals surface area contributed by atoms with Crippen LogP contribution in [0.15, 0.2) is 12.1 Å². The lowest BCUT2D eigenvalue weighted by Gasteiger charge is -2.34. The first kappa shape index (κ1) is 14.4. The molecule has 19 heavy (non-hydrogen) atoms. The van der Waals surface area contributed by atoms with E-state index in [4.69, 9.17) is 28.9 Å². The van der Waals surface area contributed by atoms with Crippen LogP contribution in [0.2, 0.25) is 10.0 Å². The monoisotopic (exact) mass is 302 g/mol. The molecule has 1 amide bonds. The third kappa shape index (κ3) is 2.96. The van der Waals surface area contributed by atoms with Gasteiger partial charge in [0.2, 0.25) is 0 Å². The highest BCUT2D eigenvalue weighted by Gasteiger charge is 2.29. The maximum absolute atomic E-state index is 12.4. The van der Waals surface area contributed by atoms with Gasteiger partial charge in [0.1, 0.15) is 0 Å². The number of nitrogens with two attached hydrogens (primary N) is 1. The van der Waals surface area contributed by atoms with Crippen molar-refractivity contribution in [1.82, 2.24) is 4.90 Å². The van der Waals surface area contributed by atoms with E-state index in [2.05, 4.69) is 0 Å². The molecular weight excluding hydrogens is 287 g/mol. The Balaban J connectivity index is 2.25. The van der Waals surface area contributed by atoms with Crippen LogP contribution in [0, 0.1) is 5.92 Å². The summed E-state index contributed by atoms with van der Waals surface area (Å²) < 4.78 is 0.